The summed E-state index contributed by atoms with van der Waals surface area (Å²) < 4.78 is 94.6. The normalized spacial score (nSPS) is 10.8. The molecule has 18 nitrogen and oxygen atoms in total. The van der Waals surface area contributed by atoms with Gasteiger partial charge in [-0.3, -0.25) is 9.59 Å². The molecule has 0 saturated carbocycles. The molecule has 416 valence electrons. The second kappa shape index (κ2) is 30.8. The molecular formula is C58H61F3N6O12. The third kappa shape index (κ3) is 17.8. The number of hydrogen-bond donors (Lipinski definition) is 0. The van der Waals surface area contributed by atoms with E-state index in [0.29, 0.717) is 78.5 Å². The maximum atomic E-state index is 15.3. The van der Waals surface area contributed by atoms with Crippen molar-refractivity contribution in [3.8, 4) is 85.8 Å². The summed E-state index contributed by atoms with van der Waals surface area (Å²) in [5.74, 6) is -2.72. The van der Waals surface area contributed by atoms with Crippen LogP contribution in [0.1, 0.15) is 97.3 Å². The summed E-state index contributed by atoms with van der Waals surface area (Å²) in [6.07, 6.45) is 12.6. The average molecular weight is 1090 g/mol. The van der Waals surface area contributed by atoms with Gasteiger partial charge in [0.2, 0.25) is 17.5 Å². The topological polar surface area (TPSA) is 223 Å². The molecule has 3 heterocycles. The van der Waals surface area contributed by atoms with Gasteiger partial charge in [-0.15, -0.1) is 0 Å². The van der Waals surface area contributed by atoms with E-state index in [-0.39, 0.29) is 104 Å². The number of carbonyl (C=O) groups is 3. The summed E-state index contributed by atoms with van der Waals surface area (Å²) in [7, 11) is 0. The number of hydrogen-bond acceptors (Lipinski definition) is 18. The Bertz CT molecular complexity index is 3010. The number of unbranched alkanes of at least 4 members (excludes halogenated alkanes) is 9. The first kappa shape index (κ1) is 59.4. The molecule has 0 radical (unpaired) electrons. The maximum Gasteiger partial charge on any atom is 0.330 e. The number of aromatic nitrogens is 6. The standard InChI is InChI=1S/C57H57F3N6O12.CH4/c1-4-49(67)75-30-18-12-11-17-29-74-48-26-23-39(36-45(48)60)54-63-57(78-66-54)42-32-40(55-61-52(64-76-55)37-21-24-46(43(58)34-37)72-27-15-9-7-13-19-50(68)70-5-2)31-41(33-42)56-62-53(65-77-56)38-22-25-47(44(59)35-38)73-28-16-10-8-14-20-51(69)71-6-3;/h4-6,21-26,31-36H,1-3,7-20,27-30H2;1H4. The molecule has 4 aromatic carbocycles. The number of esters is 3. The number of carbonyl (C=O) groups excluding carboxylic acids is 3. The minimum absolute atomic E-state index is 0. The van der Waals surface area contributed by atoms with Gasteiger partial charge in [-0.1, -0.05) is 68.3 Å². The Morgan fingerprint density at radius 1 is 0.443 bits per heavy atom. The molecule has 0 N–H and O–H groups in total. The molecule has 0 saturated heterocycles. The zero-order valence-electron chi connectivity index (χ0n) is 42.7. The van der Waals surface area contributed by atoms with E-state index in [1.165, 1.54) is 36.4 Å². The lowest BCUT2D eigenvalue weighted by molar-refractivity contribution is -0.139. The molecule has 0 aliphatic carbocycles. The van der Waals surface area contributed by atoms with Gasteiger partial charge in [0.1, 0.15) is 0 Å². The van der Waals surface area contributed by atoms with E-state index in [2.05, 4.69) is 50.2 Å². The van der Waals surface area contributed by atoms with Crippen LogP contribution in [0.15, 0.2) is 125 Å². The molecule has 3 aromatic heterocycles. The Kier molecular flexibility index (Phi) is 23.1. The zero-order chi connectivity index (χ0) is 55.1. The van der Waals surface area contributed by atoms with Gasteiger partial charge in [0, 0.05) is 52.3 Å². The van der Waals surface area contributed by atoms with Crippen LogP contribution in [0.25, 0.3) is 68.5 Å². The van der Waals surface area contributed by atoms with Crippen molar-refractivity contribution in [3.63, 3.8) is 0 Å². The second-order valence-corrected chi connectivity index (χ2v) is 17.5. The first-order valence-corrected chi connectivity index (χ1v) is 25.4. The van der Waals surface area contributed by atoms with Crippen LogP contribution >= 0.6 is 0 Å². The van der Waals surface area contributed by atoms with E-state index in [4.69, 9.17) is 42.0 Å². The lowest BCUT2D eigenvalue weighted by atomic mass is 10.0. The predicted octanol–water partition coefficient (Wildman–Crippen LogP) is 13.6. The first-order valence-electron chi connectivity index (χ1n) is 25.4. The van der Waals surface area contributed by atoms with E-state index < -0.39 is 23.4 Å². The Morgan fingerprint density at radius 2 is 0.772 bits per heavy atom. The van der Waals surface area contributed by atoms with Gasteiger partial charge < -0.3 is 42.0 Å². The van der Waals surface area contributed by atoms with Crippen LogP contribution in [-0.4, -0.2) is 74.8 Å². The zero-order valence-corrected chi connectivity index (χ0v) is 42.7. The van der Waals surface area contributed by atoms with Crippen molar-refractivity contribution in [2.24, 2.45) is 0 Å². The lowest BCUT2D eigenvalue weighted by Gasteiger charge is -2.08. The van der Waals surface area contributed by atoms with E-state index in [0.717, 1.165) is 57.1 Å². The van der Waals surface area contributed by atoms with Crippen molar-refractivity contribution in [1.29, 1.82) is 0 Å². The number of nitrogens with zero attached hydrogens (tertiary/aromatic N) is 6. The third-order valence-corrected chi connectivity index (χ3v) is 11.7. The quantitative estimate of drug-likeness (QED) is 0.0123. The van der Waals surface area contributed by atoms with Crippen molar-refractivity contribution in [2.45, 2.75) is 97.3 Å². The molecule has 7 aromatic rings. The van der Waals surface area contributed by atoms with Gasteiger partial charge in [-0.2, -0.15) is 15.0 Å². The summed E-state index contributed by atoms with van der Waals surface area (Å²) >= 11 is 0. The average Bonchev–Trinajstić information content (AvgIpc) is 4.26. The molecule has 79 heavy (non-hydrogen) atoms. The van der Waals surface area contributed by atoms with E-state index in [1.807, 2.05) is 0 Å². The smallest absolute Gasteiger partial charge is 0.330 e. The summed E-state index contributed by atoms with van der Waals surface area (Å²) in [6, 6.07) is 17.8. The SMILES string of the molecule is C.C=COC(=O)CCCCCCOc1ccc(-c2noc(-c3cc(-c4nc(-c5ccc(OCCCCCCOC(=O)C=C)c(F)c5)no4)cc(-c4nc(-c5ccc(OCCCCCCC(=O)OC=C)c(F)c5)no4)c3)n2)cc1F. The van der Waals surface area contributed by atoms with Crippen molar-refractivity contribution in [2.75, 3.05) is 26.4 Å². The molecule has 0 amide bonds. The molecular weight excluding hydrogens is 1030 g/mol. The van der Waals surface area contributed by atoms with Gasteiger partial charge in [-0.25, -0.2) is 18.0 Å². The fraction of sp³-hybridized carbons (Fsp3) is 0.328. The minimum Gasteiger partial charge on any atom is -0.491 e. The summed E-state index contributed by atoms with van der Waals surface area (Å²) in [5, 5.41) is 12.3. The van der Waals surface area contributed by atoms with Gasteiger partial charge in [0.05, 0.1) is 39.0 Å². The highest BCUT2D eigenvalue weighted by atomic mass is 19.1. The summed E-state index contributed by atoms with van der Waals surface area (Å²) in [6.45, 7) is 11.2. The van der Waals surface area contributed by atoms with Crippen LogP contribution < -0.4 is 14.2 Å². The van der Waals surface area contributed by atoms with Gasteiger partial charge in [0.25, 0.3) is 17.7 Å². The maximum absolute atomic E-state index is 15.3. The van der Waals surface area contributed by atoms with Crippen LogP contribution in [0, 0.1) is 17.5 Å². The molecule has 0 fully saturated rings. The highest BCUT2D eigenvalue weighted by molar-refractivity contribution is 5.81. The van der Waals surface area contributed by atoms with Crippen molar-refractivity contribution in [1.82, 2.24) is 30.4 Å². The van der Waals surface area contributed by atoms with Crippen LogP contribution in [-0.2, 0) is 28.6 Å². The third-order valence-electron chi connectivity index (χ3n) is 11.7. The Labute approximate surface area is 454 Å². The van der Waals surface area contributed by atoms with E-state index in [1.54, 1.807) is 36.4 Å². The molecule has 0 spiro atoms. The van der Waals surface area contributed by atoms with Crippen LogP contribution in [0.5, 0.6) is 17.2 Å². The van der Waals surface area contributed by atoms with E-state index >= 15 is 13.2 Å². The van der Waals surface area contributed by atoms with Crippen LogP contribution in [0.3, 0.4) is 0 Å². The summed E-state index contributed by atoms with van der Waals surface area (Å²) in [4.78, 5) is 47.9. The Morgan fingerprint density at radius 3 is 1.09 bits per heavy atom. The van der Waals surface area contributed by atoms with Gasteiger partial charge in [-0.05, 0) is 124 Å². The number of rotatable bonds is 33. The number of halogens is 3. The highest BCUT2D eigenvalue weighted by Gasteiger charge is 2.22. The summed E-state index contributed by atoms with van der Waals surface area (Å²) in [5.41, 5.74) is 1.87. The molecule has 0 bridgehead atoms. The lowest BCUT2D eigenvalue weighted by Crippen LogP contribution is -2.02. The molecule has 21 heteroatoms. The van der Waals surface area contributed by atoms with E-state index in [9.17, 15) is 14.4 Å². The van der Waals surface area contributed by atoms with Crippen LogP contribution in [0.4, 0.5) is 13.2 Å². The van der Waals surface area contributed by atoms with Gasteiger partial charge in [0.15, 0.2) is 34.7 Å². The first-order chi connectivity index (χ1) is 38.0. The largest absolute Gasteiger partial charge is 0.491 e. The molecule has 0 aliphatic rings. The van der Waals surface area contributed by atoms with Crippen molar-refractivity contribution in [3.05, 3.63) is 129 Å². The minimum atomic E-state index is -0.638. The van der Waals surface area contributed by atoms with Crippen molar-refractivity contribution < 1.29 is 69.5 Å². The number of ether oxygens (including phenoxy) is 6. The highest BCUT2D eigenvalue weighted by Crippen LogP contribution is 2.35. The van der Waals surface area contributed by atoms with Crippen molar-refractivity contribution >= 4 is 17.9 Å². The molecule has 0 unspecified atom stereocenters. The predicted molar refractivity (Wildman–Crippen MR) is 284 cm³/mol. The number of benzene rings is 4. The van der Waals surface area contributed by atoms with Crippen LogP contribution in [0.2, 0.25) is 0 Å². The molecule has 0 aliphatic heterocycles. The molecule has 0 atom stereocenters. The fourth-order valence-corrected chi connectivity index (χ4v) is 7.73. The second-order valence-electron chi connectivity index (χ2n) is 17.5. The monoisotopic (exact) mass is 1090 g/mol. The van der Waals surface area contributed by atoms with Gasteiger partial charge >= 0.3 is 17.9 Å². The fourth-order valence-electron chi connectivity index (χ4n) is 7.73. The Hall–Kier alpha value is -8.88. The Balaban J connectivity index is 0.0000101. The molecule has 7 rings (SSSR count).